The summed E-state index contributed by atoms with van der Waals surface area (Å²) in [5, 5.41) is 4.71. The third kappa shape index (κ3) is 2.82. The highest BCUT2D eigenvalue weighted by Gasteiger charge is 2.02. The topological polar surface area (TPSA) is 40.7 Å². The zero-order chi connectivity index (χ0) is 13.8. The molecule has 0 bridgehead atoms. The molecule has 0 aliphatic rings. The predicted molar refractivity (Wildman–Crippen MR) is 84.1 cm³/mol. The van der Waals surface area contributed by atoms with E-state index in [1.807, 2.05) is 25.1 Å². The van der Waals surface area contributed by atoms with Crippen molar-refractivity contribution in [3.63, 3.8) is 0 Å². The highest BCUT2D eigenvalue weighted by molar-refractivity contribution is 5.82. The lowest BCUT2D eigenvalue weighted by atomic mass is 10.1. The lowest BCUT2D eigenvalue weighted by molar-refractivity contribution is 0.863. The number of nitrogens with zero attached hydrogens (tertiary/aromatic N) is 1. The van der Waals surface area contributed by atoms with Crippen LogP contribution < -0.4 is 5.32 Å². The van der Waals surface area contributed by atoms with Gasteiger partial charge in [-0.3, -0.25) is 0 Å². The standard InChI is InChI=1S/C17H19N3/c1-13-6-4-10-17(20-13)18-11-5-7-14-12-19-16-9-3-2-8-15(14)16/h2-4,6,8-10,12,19H,5,7,11H2,1H3,(H,18,20). The normalized spacial score (nSPS) is 10.8. The van der Waals surface area contributed by atoms with Crippen LogP contribution in [-0.4, -0.2) is 16.5 Å². The molecule has 2 aromatic heterocycles. The fraction of sp³-hybridized carbons (Fsp3) is 0.235. The smallest absolute Gasteiger partial charge is 0.126 e. The van der Waals surface area contributed by atoms with Gasteiger partial charge in [-0.1, -0.05) is 24.3 Å². The Morgan fingerprint density at radius 2 is 2.00 bits per heavy atom. The number of pyridine rings is 1. The first-order valence-electron chi connectivity index (χ1n) is 7.05. The molecule has 3 rings (SSSR count). The van der Waals surface area contributed by atoms with Crippen LogP contribution in [0, 0.1) is 6.92 Å². The van der Waals surface area contributed by atoms with Gasteiger partial charge in [-0.2, -0.15) is 0 Å². The van der Waals surface area contributed by atoms with Crippen LogP contribution in [0.5, 0.6) is 0 Å². The van der Waals surface area contributed by atoms with Gasteiger partial charge in [-0.05, 0) is 43.5 Å². The van der Waals surface area contributed by atoms with Crippen LogP contribution in [0.15, 0.2) is 48.7 Å². The van der Waals surface area contributed by atoms with Crippen LogP contribution in [-0.2, 0) is 6.42 Å². The number of aromatic amines is 1. The van der Waals surface area contributed by atoms with Crippen LogP contribution in [0.1, 0.15) is 17.7 Å². The summed E-state index contributed by atoms with van der Waals surface area (Å²) in [6, 6.07) is 14.5. The van der Waals surface area contributed by atoms with Gasteiger partial charge in [-0.15, -0.1) is 0 Å². The Kier molecular flexibility index (Phi) is 3.68. The fourth-order valence-corrected chi connectivity index (χ4v) is 2.48. The number of benzene rings is 1. The minimum Gasteiger partial charge on any atom is -0.370 e. The average molecular weight is 265 g/mol. The molecule has 3 aromatic rings. The monoisotopic (exact) mass is 265 g/mol. The van der Waals surface area contributed by atoms with E-state index in [-0.39, 0.29) is 0 Å². The van der Waals surface area contributed by atoms with Gasteiger partial charge in [0, 0.05) is 29.3 Å². The summed E-state index contributed by atoms with van der Waals surface area (Å²) in [5.74, 6) is 0.962. The van der Waals surface area contributed by atoms with Crippen molar-refractivity contribution in [1.82, 2.24) is 9.97 Å². The van der Waals surface area contributed by atoms with Crippen molar-refractivity contribution >= 4 is 16.7 Å². The van der Waals surface area contributed by atoms with Crippen molar-refractivity contribution in [2.75, 3.05) is 11.9 Å². The number of para-hydroxylation sites is 1. The molecule has 0 saturated carbocycles. The van der Waals surface area contributed by atoms with Crippen molar-refractivity contribution in [1.29, 1.82) is 0 Å². The second kappa shape index (κ2) is 5.78. The molecule has 1 aromatic carbocycles. The van der Waals surface area contributed by atoms with Crippen molar-refractivity contribution in [2.45, 2.75) is 19.8 Å². The summed E-state index contributed by atoms with van der Waals surface area (Å²) >= 11 is 0. The number of nitrogens with one attached hydrogen (secondary N) is 2. The number of hydrogen-bond acceptors (Lipinski definition) is 2. The summed E-state index contributed by atoms with van der Waals surface area (Å²) in [4.78, 5) is 7.76. The van der Waals surface area contributed by atoms with Gasteiger partial charge in [-0.25, -0.2) is 4.98 Å². The Bertz CT molecular complexity index is 700. The SMILES string of the molecule is Cc1cccc(NCCCc2c[nH]c3ccccc23)n1. The first-order chi connectivity index (χ1) is 9.83. The summed E-state index contributed by atoms with van der Waals surface area (Å²) in [6.07, 6.45) is 4.29. The Labute approximate surface area is 119 Å². The molecule has 0 aliphatic heterocycles. The Hall–Kier alpha value is -2.29. The first-order valence-corrected chi connectivity index (χ1v) is 7.05. The van der Waals surface area contributed by atoms with E-state index in [4.69, 9.17) is 0 Å². The van der Waals surface area contributed by atoms with E-state index in [1.165, 1.54) is 16.5 Å². The zero-order valence-corrected chi connectivity index (χ0v) is 11.7. The van der Waals surface area contributed by atoms with Gasteiger partial charge in [0.1, 0.15) is 5.82 Å². The van der Waals surface area contributed by atoms with Crippen LogP contribution in [0.4, 0.5) is 5.82 Å². The molecular formula is C17H19N3. The van der Waals surface area contributed by atoms with Crippen molar-refractivity contribution in [2.24, 2.45) is 0 Å². The molecule has 3 heteroatoms. The summed E-state index contributed by atoms with van der Waals surface area (Å²) in [6.45, 7) is 2.95. The molecular weight excluding hydrogens is 246 g/mol. The number of fused-ring (bicyclic) bond motifs is 1. The summed E-state index contributed by atoms with van der Waals surface area (Å²) < 4.78 is 0. The molecule has 3 nitrogen and oxygen atoms in total. The van der Waals surface area contributed by atoms with Crippen LogP contribution in [0.25, 0.3) is 10.9 Å². The molecule has 0 fully saturated rings. The summed E-state index contributed by atoms with van der Waals surface area (Å²) in [7, 11) is 0. The maximum Gasteiger partial charge on any atom is 0.126 e. The lowest BCUT2D eigenvalue weighted by Crippen LogP contribution is -2.04. The first kappa shape index (κ1) is 12.7. The number of aromatic nitrogens is 2. The molecule has 0 amide bonds. The van der Waals surface area contributed by atoms with Crippen LogP contribution in [0.2, 0.25) is 0 Å². The molecule has 0 saturated heterocycles. The molecule has 2 N–H and O–H groups in total. The third-order valence-electron chi connectivity index (χ3n) is 3.49. The number of hydrogen-bond donors (Lipinski definition) is 2. The van der Waals surface area contributed by atoms with E-state index in [9.17, 15) is 0 Å². The van der Waals surface area contributed by atoms with Crippen molar-refractivity contribution in [3.8, 4) is 0 Å². The van der Waals surface area contributed by atoms with Gasteiger partial charge in [0.25, 0.3) is 0 Å². The summed E-state index contributed by atoms with van der Waals surface area (Å²) in [5.41, 5.74) is 3.65. The van der Waals surface area contributed by atoms with Gasteiger partial charge in [0.2, 0.25) is 0 Å². The van der Waals surface area contributed by atoms with Gasteiger partial charge >= 0.3 is 0 Å². The molecule has 0 spiro atoms. The Balaban J connectivity index is 1.55. The second-order valence-corrected chi connectivity index (χ2v) is 5.05. The number of anilines is 1. The minimum absolute atomic E-state index is 0.940. The van der Waals surface area contributed by atoms with Crippen molar-refractivity contribution < 1.29 is 0 Å². The molecule has 0 atom stereocenters. The van der Waals surface area contributed by atoms with E-state index in [2.05, 4.69) is 45.7 Å². The maximum atomic E-state index is 4.44. The largest absolute Gasteiger partial charge is 0.370 e. The van der Waals surface area contributed by atoms with E-state index in [0.717, 1.165) is 30.9 Å². The van der Waals surface area contributed by atoms with Crippen LogP contribution >= 0.6 is 0 Å². The second-order valence-electron chi connectivity index (χ2n) is 5.05. The number of rotatable bonds is 5. The van der Waals surface area contributed by atoms with Gasteiger partial charge in [0.15, 0.2) is 0 Å². The predicted octanol–water partition coefficient (Wildman–Crippen LogP) is 3.92. The fourth-order valence-electron chi connectivity index (χ4n) is 2.48. The quantitative estimate of drug-likeness (QED) is 0.686. The lowest BCUT2D eigenvalue weighted by Gasteiger charge is -2.05. The van der Waals surface area contributed by atoms with Gasteiger partial charge in [0.05, 0.1) is 0 Å². The molecule has 0 unspecified atom stereocenters. The zero-order valence-electron chi connectivity index (χ0n) is 11.7. The molecule has 0 radical (unpaired) electrons. The molecule has 102 valence electrons. The van der Waals surface area contributed by atoms with Crippen molar-refractivity contribution in [3.05, 3.63) is 59.9 Å². The van der Waals surface area contributed by atoms with E-state index in [0.29, 0.717) is 0 Å². The highest BCUT2D eigenvalue weighted by atomic mass is 15.0. The molecule has 2 heterocycles. The minimum atomic E-state index is 0.940. The van der Waals surface area contributed by atoms with E-state index < -0.39 is 0 Å². The number of aryl methyl sites for hydroxylation is 2. The Morgan fingerprint density at radius 1 is 1.10 bits per heavy atom. The van der Waals surface area contributed by atoms with E-state index in [1.54, 1.807) is 0 Å². The van der Waals surface area contributed by atoms with E-state index >= 15 is 0 Å². The molecule has 0 aliphatic carbocycles. The maximum absolute atomic E-state index is 4.44. The Morgan fingerprint density at radius 3 is 2.90 bits per heavy atom. The molecule has 20 heavy (non-hydrogen) atoms. The average Bonchev–Trinajstić information content (AvgIpc) is 2.87. The van der Waals surface area contributed by atoms with Crippen LogP contribution in [0.3, 0.4) is 0 Å². The highest BCUT2D eigenvalue weighted by Crippen LogP contribution is 2.18. The van der Waals surface area contributed by atoms with Gasteiger partial charge < -0.3 is 10.3 Å². The number of H-pyrrole nitrogens is 1. The third-order valence-corrected chi connectivity index (χ3v) is 3.49.